The Morgan fingerprint density at radius 2 is 1.87 bits per heavy atom. The number of para-hydroxylation sites is 1. The van der Waals surface area contributed by atoms with Gasteiger partial charge in [0, 0.05) is 0 Å². The molecule has 0 saturated heterocycles. The van der Waals surface area contributed by atoms with Crippen molar-refractivity contribution in [2.24, 2.45) is 0 Å². The average molecular weight is 430 g/mol. The number of hydrogen-bond acceptors (Lipinski definition) is 6. The van der Waals surface area contributed by atoms with Crippen molar-refractivity contribution in [2.75, 3.05) is 0 Å². The summed E-state index contributed by atoms with van der Waals surface area (Å²) in [5.41, 5.74) is 2.09. The van der Waals surface area contributed by atoms with Crippen LogP contribution in [0.15, 0.2) is 74.1 Å². The normalized spacial score (nSPS) is 11.3. The third-order valence-electron chi connectivity index (χ3n) is 5.16. The second-order valence-electron chi connectivity index (χ2n) is 7.31. The van der Waals surface area contributed by atoms with Crippen LogP contribution in [0.25, 0.3) is 27.3 Å². The standard InChI is InChI=1S/C23H18N4O3S/c1-14-9-10-15(2)18(12-14)27-22(28)16-6-3-4-7-17(16)26(23(27)29)13-20-24-21(25-30-20)19-8-5-11-31-19/h3-12H,13H2,1-2H3. The maximum Gasteiger partial charge on any atom is 0.336 e. The largest absolute Gasteiger partial charge is 0.337 e. The molecule has 0 fully saturated rings. The number of rotatable bonds is 4. The first-order valence-corrected chi connectivity index (χ1v) is 10.6. The number of aryl methyl sites for hydroxylation is 2. The van der Waals surface area contributed by atoms with Gasteiger partial charge in [0.15, 0.2) is 0 Å². The van der Waals surface area contributed by atoms with Crippen LogP contribution in [0.5, 0.6) is 0 Å². The predicted molar refractivity (Wildman–Crippen MR) is 120 cm³/mol. The van der Waals surface area contributed by atoms with Gasteiger partial charge in [-0.1, -0.05) is 35.5 Å². The first-order valence-electron chi connectivity index (χ1n) is 9.71. The molecule has 0 aliphatic carbocycles. The van der Waals surface area contributed by atoms with Gasteiger partial charge in [-0.15, -0.1) is 11.3 Å². The van der Waals surface area contributed by atoms with Gasteiger partial charge in [-0.3, -0.25) is 9.36 Å². The summed E-state index contributed by atoms with van der Waals surface area (Å²) >= 11 is 1.51. The Labute approximate surface area is 180 Å². The number of fused-ring (bicyclic) bond motifs is 1. The lowest BCUT2D eigenvalue weighted by atomic mass is 10.1. The third kappa shape index (κ3) is 3.30. The van der Waals surface area contributed by atoms with Crippen LogP contribution in [0, 0.1) is 13.8 Å². The minimum atomic E-state index is -0.451. The summed E-state index contributed by atoms with van der Waals surface area (Å²) < 4.78 is 8.14. The molecular weight excluding hydrogens is 412 g/mol. The lowest BCUT2D eigenvalue weighted by Gasteiger charge is -2.14. The van der Waals surface area contributed by atoms with Gasteiger partial charge in [-0.2, -0.15) is 4.98 Å². The van der Waals surface area contributed by atoms with Crippen LogP contribution in [0.3, 0.4) is 0 Å². The molecule has 154 valence electrons. The number of benzene rings is 2. The highest BCUT2D eigenvalue weighted by Crippen LogP contribution is 2.22. The summed E-state index contributed by atoms with van der Waals surface area (Å²) in [6.07, 6.45) is 0. The molecule has 0 aliphatic rings. The van der Waals surface area contributed by atoms with Crippen LogP contribution in [-0.2, 0) is 6.54 Å². The lowest BCUT2D eigenvalue weighted by molar-refractivity contribution is 0.370. The Morgan fingerprint density at radius 3 is 2.68 bits per heavy atom. The van der Waals surface area contributed by atoms with E-state index in [-0.39, 0.29) is 12.1 Å². The van der Waals surface area contributed by atoms with E-state index >= 15 is 0 Å². The van der Waals surface area contributed by atoms with Crippen molar-refractivity contribution in [2.45, 2.75) is 20.4 Å². The summed E-state index contributed by atoms with van der Waals surface area (Å²) in [7, 11) is 0. The molecule has 0 spiro atoms. The van der Waals surface area contributed by atoms with Gasteiger partial charge in [-0.05, 0) is 54.6 Å². The van der Waals surface area contributed by atoms with Crippen molar-refractivity contribution >= 4 is 22.2 Å². The quantitative estimate of drug-likeness (QED) is 0.431. The van der Waals surface area contributed by atoms with Gasteiger partial charge in [0.25, 0.3) is 5.56 Å². The molecule has 0 aliphatic heterocycles. The molecule has 0 saturated carbocycles. The second kappa shape index (κ2) is 7.48. The van der Waals surface area contributed by atoms with E-state index in [1.54, 1.807) is 24.3 Å². The highest BCUT2D eigenvalue weighted by Gasteiger charge is 2.18. The fourth-order valence-corrected chi connectivity index (χ4v) is 4.26. The van der Waals surface area contributed by atoms with Crippen molar-refractivity contribution in [3.05, 3.63) is 97.8 Å². The Morgan fingerprint density at radius 1 is 1.03 bits per heavy atom. The molecule has 0 bridgehead atoms. The molecule has 0 amide bonds. The molecule has 2 aromatic carbocycles. The van der Waals surface area contributed by atoms with E-state index in [4.69, 9.17) is 4.52 Å². The number of nitrogens with zero attached hydrogens (tertiary/aromatic N) is 4. The summed E-state index contributed by atoms with van der Waals surface area (Å²) in [5, 5.41) is 6.41. The molecule has 31 heavy (non-hydrogen) atoms. The molecule has 5 rings (SSSR count). The zero-order valence-electron chi connectivity index (χ0n) is 16.9. The van der Waals surface area contributed by atoms with Gasteiger partial charge in [0.2, 0.25) is 11.7 Å². The zero-order chi connectivity index (χ0) is 21.5. The molecule has 0 radical (unpaired) electrons. The van der Waals surface area contributed by atoms with Gasteiger partial charge in [0.05, 0.1) is 21.5 Å². The van der Waals surface area contributed by atoms with E-state index in [0.717, 1.165) is 16.0 Å². The zero-order valence-corrected chi connectivity index (χ0v) is 17.7. The van der Waals surface area contributed by atoms with Crippen LogP contribution in [0.1, 0.15) is 17.0 Å². The van der Waals surface area contributed by atoms with Crippen molar-refractivity contribution in [3.8, 4) is 16.4 Å². The maximum absolute atomic E-state index is 13.5. The predicted octanol–water partition coefficient (Wildman–Crippen LogP) is 3.93. The summed E-state index contributed by atoms with van der Waals surface area (Å²) in [6.45, 7) is 3.87. The summed E-state index contributed by atoms with van der Waals surface area (Å²) in [6, 6.07) is 16.6. The van der Waals surface area contributed by atoms with Gasteiger partial charge in [-0.25, -0.2) is 9.36 Å². The molecule has 0 N–H and O–H groups in total. The smallest absolute Gasteiger partial charge is 0.336 e. The van der Waals surface area contributed by atoms with E-state index in [1.807, 2.05) is 49.6 Å². The highest BCUT2D eigenvalue weighted by molar-refractivity contribution is 7.13. The first kappa shape index (κ1) is 19.2. The number of hydrogen-bond donors (Lipinski definition) is 0. The van der Waals surface area contributed by atoms with Crippen molar-refractivity contribution < 1.29 is 4.52 Å². The molecule has 0 atom stereocenters. The minimum Gasteiger partial charge on any atom is -0.337 e. The van der Waals surface area contributed by atoms with Crippen LogP contribution < -0.4 is 11.2 Å². The number of aromatic nitrogens is 4. The summed E-state index contributed by atoms with van der Waals surface area (Å²) in [5.74, 6) is 0.770. The first-order chi connectivity index (χ1) is 15.0. The van der Waals surface area contributed by atoms with E-state index in [1.165, 1.54) is 20.5 Å². The van der Waals surface area contributed by atoms with Gasteiger partial charge < -0.3 is 4.52 Å². The third-order valence-corrected chi connectivity index (χ3v) is 6.02. The molecule has 7 nitrogen and oxygen atoms in total. The average Bonchev–Trinajstić information content (AvgIpc) is 3.45. The van der Waals surface area contributed by atoms with E-state index in [9.17, 15) is 9.59 Å². The van der Waals surface area contributed by atoms with Gasteiger partial charge >= 0.3 is 5.69 Å². The topological polar surface area (TPSA) is 82.9 Å². The molecule has 8 heteroatoms. The van der Waals surface area contributed by atoms with Crippen molar-refractivity contribution in [1.82, 2.24) is 19.3 Å². The fraction of sp³-hybridized carbons (Fsp3) is 0.130. The van der Waals surface area contributed by atoms with Crippen molar-refractivity contribution in [3.63, 3.8) is 0 Å². The van der Waals surface area contributed by atoms with Crippen LogP contribution in [-0.4, -0.2) is 19.3 Å². The molecule has 3 aromatic heterocycles. The Kier molecular flexibility index (Phi) is 4.63. The van der Waals surface area contributed by atoms with Crippen LogP contribution in [0.4, 0.5) is 0 Å². The lowest BCUT2D eigenvalue weighted by Crippen LogP contribution is -2.39. The van der Waals surface area contributed by atoms with Crippen LogP contribution in [0.2, 0.25) is 0 Å². The maximum atomic E-state index is 13.5. The monoisotopic (exact) mass is 430 g/mol. The molecule has 5 aromatic rings. The molecule has 0 unspecified atom stereocenters. The Balaban J connectivity index is 1.72. The van der Waals surface area contributed by atoms with Gasteiger partial charge in [0.1, 0.15) is 6.54 Å². The fourth-order valence-electron chi connectivity index (χ4n) is 3.61. The van der Waals surface area contributed by atoms with E-state index < -0.39 is 5.69 Å². The number of thiophene rings is 1. The molecule has 3 heterocycles. The minimum absolute atomic E-state index is 0.0584. The summed E-state index contributed by atoms with van der Waals surface area (Å²) in [4.78, 5) is 32.1. The highest BCUT2D eigenvalue weighted by atomic mass is 32.1. The Bertz CT molecular complexity index is 1530. The molecular formula is C23H18N4O3S. The SMILES string of the molecule is Cc1ccc(C)c(-n2c(=O)c3ccccc3n(Cc3nc(-c4cccs4)no3)c2=O)c1. The Hall–Kier alpha value is -3.78. The van der Waals surface area contributed by atoms with E-state index in [0.29, 0.717) is 28.3 Å². The second-order valence-corrected chi connectivity index (χ2v) is 8.25. The van der Waals surface area contributed by atoms with E-state index in [2.05, 4.69) is 10.1 Å². The van der Waals surface area contributed by atoms with Crippen LogP contribution >= 0.6 is 11.3 Å². The van der Waals surface area contributed by atoms with Crippen molar-refractivity contribution in [1.29, 1.82) is 0 Å².